The van der Waals surface area contributed by atoms with Crippen LogP contribution >= 0.6 is 46.7 Å². The summed E-state index contributed by atoms with van der Waals surface area (Å²) in [7, 11) is 0. The predicted octanol–water partition coefficient (Wildman–Crippen LogP) is 5.23. The zero-order chi connectivity index (χ0) is 31.2. The predicted molar refractivity (Wildman–Crippen MR) is 173 cm³/mol. The van der Waals surface area contributed by atoms with Crippen molar-refractivity contribution in [3.63, 3.8) is 0 Å². The van der Waals surface area contributed by atoms with Crippen molar-refractivity contribution in [2.45, 2.75) is 44.4 Å². The molecule has 44 heavy (non-hydrogen) atoms. The van der Waals surface area contributed by atoms with Gasteiger partial charge in [0.05, 0.1) is 28.3 Å². The van der Waals surface area contributed by atoms with Crippen molar-refractivity contribution < 1.29 is 29.3 Å². The summed E-state index contributed by atoms with van der Waals surface area (Å²) < 4.78 is 11.4. The van der Waals surface area contributed by atoms with Crippen LogP contribution in [0.1, 0.15) is 26.2 Å². The number of carbonyl (C=O) groups is 2. The summed E-state index contributed by atoms with van der Waals surface area (Å²) in [6, 6.07) is 5.10. The van der Waals surface area contributed by atoms with Gasteiger partial charge in [-0.1, -0.05) is 30.1 Å². The minimum atomic E-state index is -0.959. The molecule has 0 amide bonds. The van der Waals surface area contributed by atoms with Gasteiger partial charge in [-0.05, 0) is 30.7 Å². The van der Waals surface area contributed by atoms with Crippen molar-refractivity contribution in [1.29, 1.82) is 0 Å². The fourth-order valence-electron chi connectivity index (χ4n) is 4.70. The van der Waals surface area contributed by atoms with E-state index in [9.17, 15) is 19.8 Å². The summed E-state index contributed by atoms with van der Waals surface area (Å²) in [5.41, 5.74) is 0.779. The smallest absolute Gasteiger partial charge is 0.329 e. The summed E-state index contributed by atoms with van der Waals surface area (Å²) in [4.78, 5) is 31.5. The van der Waals surface area contributed by atoms with E-state index in [0.29, 0.717) is 53.4 Å². The molecule has 1 fully saturated rings. The van der Waals surface area contributed by atoms with Gasteiger partial charge in [0.25, 0.3) is 0 Å². The topological polar surface area (TPSA) is 150 Å². The maximum Gasteiger partial charge on any atom is 0.329 e. The molecule has 16 heteroatoms. The van der Waals surface area contributed by atoms with Gasteiger partial charge in [-0.15, -0.1) is 16.9 Å². The largest absolute Gasteiger partial charge is 0.496 e. The zero-order valence-electron chi connectivity index (χ0n) is 23.6. The minimum absolute atomic E-state index is 0.117. The van der Waals surface area contributed by atoms with E-state index in [1.54, 1.807) is 60.2 Å². The molecule has 0 saturated carbocycles. The molecular weight excluding hydrogens is 651 g/mol. The van der Waals surface area contributed by atoms with Crippen molar-refractivity contribution in [3.05, 3.63) is 57.9 Å². The summed E-state index contributed by atoms with van der Waals surface area (Å²) in [5.74, 6) is 2.68. The number of rotatable bonds is 10. The lowest BCUT2D eigenvalue weighted by Crippen LogP contribution is -2.42. The first-order chi connectivity index (χ1) is 21.3. The van der Waals surface area contributed by atoms with Crippen molar-refractivity contribution in [3.8, 4) is 0 Å². The number of hydrogen-bond acceptors (Lipinski definition) is 12. The number of hydrogen-bond donors (Lipinski definition) is 2. The van der Waals surface area contributed by atoms with Crippen LogP contribution < -0.4 is 10.0 Å². The number of aromatic nitrogens is 2. The highest BCUT2D eigenvalue weighted by molar-refractivity contribution is 8.03. The number of anilines is 2. The van der Waals surface area contributed by atoms with E-state index in [0.717, 1.165) is 28.7 Å². The van der Waals surface area contributed by atoms with Crippen LogP contribution in [-0.2, 0) is 19.1 Å². The highest BCUT2D eigenvalue weighted by Crippen LogP contribution is 2.35. The normalized spacial score (nSPS) is 22.5. The SMILES string of the molecule is CCC1C(OC2CSC2)=NN(c2ncccc2Cl)C1C(=O)O.O=C(O)C1CC(CCOC2=CSC2)=NN1c1ncccc1Cl. The van der Waals surface area contributed by atoms with E-state index in [1.165, 1.54) is 10.0 Å². The van der Waals surface area contributed by atoms with Gasteiger partial charge in [-0.2, -0.15) is 16.9 Å². The highest BCUT2D eigenvalue weighted by atomic mass is 35.5. The highest BCUT2D eigenvalue weighted by Gasteiger charge is 2.45. The molecule has 6 rings (SSSR count). The summed E-state index contributed by atoms with van der Waals surface area (Å²) in [6.07, 6.45) is 4.81. The molecule has 0 spiro atoms. The Morgan fingerprint density at radius 3 is 2.18 bits per heavy atom. The van der Waals surface area contributed by atoms with Gasteiger partial charge >= 0.3 is 11.9 Å². The van der Waals surface area contributed by atoms with Crippen molar-refractivity contribution in [1.82, 2.24) is 9.97 Å². The molecule has 2 aromatic heterocycles. The number of carboxylic acids is 2. The molecule has 4 aliphatic heterocycles. The molecule has 0 aliphatic carbocycles. The number of carboxylic acid groups (broad SMARTS) is 2. The standard InChI is InChI=1S/C14H16ClN3O3S.C14H14ClN3O3S/c1-2-9-11(14(19)20)18(12-10(15)4-3-5-16-12)17-13(9)21-8-6-22-7-8;15-11-2-1-4-16-13(11)18-12(14(19)20)6-9(17-18)3-5-21-10-7-22-8-10/h3-5,8-9,11H,2,6-7H2,1H3,(H,19,20);1-2,4,7,12H,3,5-6,8H2,(H,19,20). The first-order valence-corrected chi connectivity index (χ1v) is 16.8. The van der Waals surface area contributed by atoms with Crippen LogP contribution in [0.5, 0.6) is 0 Å². The van der Waals surface area contributed by atoms with Crippen molar-refractivity contribution >= 4 is 81.9 Å². The average Bonchev–Trinajstić information content (AvgIpc) is 3.55. The Balaban J connectivity index is 0.000000175. The molecule has 2 N–H and O–H groups in total. The lowest BCUT2D eigenvalue weighted by molar-refractivity contribution is -0.139. The first-order valence-electron chi connectivity index (χ1n) is 13.8. The third-order valence-corrected chi connectivity index (χ3v) is 9.73. The van der Waals surface area contributed by atoms with Crippen molar-refractivity contribution in [2.24, 2.45) is 16.1 Å². The number of nitrogens with zero attached hydrogens (tertiary/aromatic N) is 6. The Bertz CT molecular complexity index is 1480. The van der Waals surface area contributed by atoms with Gasteiger partial charge in [-0.3, -0.25) is 0 Å². The minimum Gasteiger partial charge on any atom is -0.496 e. The van der Waals surface area contributed by atoms with Gasteiger partial charge in [-0.25, -0.2) is 29.6 Å². The van der Waals surface area contributed by atoms with Crippen LogP contribution in [0.3, 0.4) is 0 Å². The van der Waals surface area contributed by atoms with Crippen LogP contribution in [-0.4, -0.2) is 85.8 Å². The molecule has 12 nitrogen and oxygen atoms in total. The van der Waals surface area contributed by atoms with Crippen LogP contribution in [0.25, 0.3) is 0 Å². The molecule has 4 aliphatic rings. The fraction of sp³-hybridized carbons (Fsp3) is 0.429. The fourth-order valence-corrected chi connectivity index (χ4v) is 6.13. The molecule has 3 atom stereocenters. The lowest BCUT2D eigenvalue weighted by Gasteiger charge is -2.27. The van der Waals surface area contributed by atoms with E-state index in [-0.39, 0.29) is 12.0 Å². The molecule has 3 unspecified atom stereocenters. The van der Waals surface area contributed by atoms with E-state index in [4.69, 9.17) is 32.7 Å². The van der Waals surface area contributed by atoms with E-state index < -0.39 is 24.0 Å². The quantitative estimate of drug-likeness (QED) is 0.338. The first kappa shape index (κ1) is 32.2. The summed E-state index contributed by atoms with van der Waals surface area (Å²) in [5, 5.41) is 33.2. The number of halogens is 2. The van der Waals surface area contributed by atoms with Crippen LogP contribution in [0.2, 0.25) is 10.0 Å². The van der Waals surface area contributed by atoms with Crippen LogP contribution in [0.4, 0.5) is 11.6 Å². The van der Waals surface area contributed by atoms with E-state index in [1.807, 2.05) is 12.3 Å². The Labute approximate surface area is 272 Å². The van der Waals surface area contributed by atoms with Gasteiger partial charge in [0.2, 0.25) is 5.90 Å². The second kappa shape index (κ2) is 14.7. The summed E-state index contributed by atoms with van der Waals surface area (Å²) >= 11 is 15.7. The number of aliphatic carboxylic acids is 2. The number of ether oxygens (including phenoxy) is 2. The summed E-state index contributed by atoms with van der Waals surface area (Å²) in [6.45, 7) is 2.43. The number of hydrazone groups is 2. The Hall–Kier alpha value is -3.20. The van der Waals surface area contributed by atoms with E-state index in [2.05, 4.69) is 20.2 Å². The second-order valence-corrected chi connectivity index (χ2v) is 12.8. The monoisotopic (exact) mass is 680 g/mol. The average molecular weight is 682 g/mol. The Kier molecular flexibility index (Phi) is 10.8. The van der Waals surface area contributed by atoms with Crippen LogP contribution in [0.15, 0.2) is 58.0 Å². The van der Waals surface area contributed by atoms with Crippen molar-refractivity contribution in [2.75, 3.05) is 33.9 Å². The molecule has 0 bridgehead atoms. The third-order valence-electron chi connectivity index (χ3n) is 7.04. The Morgan fingerprint density at radius 1 is 1.02 bits per heavy atom. The lowest BCUT2D eigenvalue weighted by atomic mass is 9.97. The molecule has 6 heterocycles. The van der Waals surface area contributed by atoms with Gasteiger partial charge in [0, 0.05) is 47.9 Å². The molecule has 0 aromatic carbocycles. The number of pyridine rings is 2. The molecular formula is C28H30Cl2N6O6S2. The van der Waals surface area contributed by atoms with Gasteiger partial charge in [0.1, 0.15) is 11.9 Å². The number of thioether (sulfide) groups is 2. The Morgan fingerprint density at radius 2 is 1.68 bits per heavy atom. The molecule has 234 valence electrons. The van der Waals surface area contributed by atoms with Crippen LogP contribution in [0, 0.1) is 5.92 Å². The third kappa shape index (κ3) is 7.36. The molecule has 0 radical (unpaired) electrons. The zero-order valence-corrected chi connectivity index (χ0v) is 26.7. The molecule has 2 aromatic rings. The second-order valence-electron chi connectivity index (χ2n) is 10.0. The van der Waals surface area contributed by atoms with E-state index >= 15 is 0 Å². The molecule has 1 saturated heterocycles. The van der Waals surface area contributed by atoms with Gasteiger partial charge in [0.15, 0.2) is 23.7 Å². The van der Waals surface area contributed by atoms with Gasteiger partial charge < -0.3 is 19.7 Å². The maximum absolute atomic E-state index is 11.7. The maximum atomic E-state index is 11.7.